The van der Waals surface area contributed by atoms with Crippen molar-refractivity contribution in [3.05, 3.63) is 59.7 Å². The lowest BCUT2D eigenvalue weighted by atomic mass is 10.1. The van der Waals surface area contributed by atoms with E-state index in [0.29, 0.717) is 25.3 Å². The Morgan fingerprint density at radius 1 is 0.946 bits per heavy atom. The molecule has 0 aliphatic carbocycles. The molecule has 0 N–H and O–H groups in total. The number of carbonyl (C=O) groups excluding carboxylic acids is 2. The number of hydrogen-bond donors (Lipinski definition) is 0. The van der Waals surface area contributed by atoms with E-state index in [9.17, 15) is 22.8 Å². The molecule has 0 radical (unpaired) electrons. The average molecular weight is 522 g/mol. The molecule has 0 bridgehead atoms. The Morgan fingerprint density at radius 2 is 1.70 bits per heavy atom. The van der Waals surface area contributed by atoms with E-state index < -0.39 is 18.3 Å². The average Bonchev–Trinajstić information content (AvgIpc) is 2.89. The van der Waals surface area contributed by atoms with Crippen LogP contribution in [0.15, 0.2) is 48.5 Å². The van der Waals surface area contributed by atoms with Crippen LogP contribution in [-0.2, 0) is 27.0 Å². The molecule has 1 aliphatic heterocycles. The first-order valence-electron chi connectivity index (χ1n) is 12.3. The minimum absolute atomic E-state index is 0.0263. The van der Waals surface area contributed by atoms with Crippen LogP contribution in [0.5, 0.6) is 5.75 Å². The number of halogens is 3. The van der Waals surface area contributed by atoms with E-state index in [1.807, 2.05) is 24.3 Å². The molecule has 0 saturated carbocycles. The Balaban J connectivity index is 1.85. The number of alkyl halides is 3. The Bertz CT molecular complexity index is 1060. The minimum Gasteiger partial charge on any atom is -0.484 e. The lowest BCUT2D eigenvalue weighted by Crippen LogP contribution is -2.42. The van der Waals surface area contributed by atoms with Crippen LogP contribution in [0.1, 0.15) is 31.4 Å². The maximum absolute atomic E-state index is 13.3. The van der Waals surface area contributed by atoms with Gasteiger partial charge >= 0.3 is 6.18 Å². The lowest BCUT2D eigenvalue weighted by molar-refractivity contribution is -0.137. The van der Waals surface area contributed by atoms with Crippen LogP contribution in [0.4, 0.5) is 18.9 Å². The van der Waals surface area contributed by atoms with E-state index in [0.717, 1.165) is 30.7 Å². The summed E-state index contributed by atoms with van der Waals surface area (Å²) < 4.78 is 49.7. The number of fused-ring (bicyclic) bond motifs is 1. The molecule has 0 fully saturated rings. The van der Waals surface area contributed by atoms with E-state index in [2.05, 4.69) is 18.7 Å². The highest BCUT2D eigenvalue weighted by Crippen LogP contribution is 2.31. The fraction of sp³-hybridized carbons (Fsp3) is 0.481. The maximum atomic E-state index is 13.3. The van der Waals surface area contributed by atoms with E-state index in [1.165, 1.54) is 19.2 Å². The number of nitrogens with zero attached hydrogens (tertiary/aromatic N) is 3. The zero-order chi connectivity index (χ0) is 27.0. The zero-order valence-electron chi connectivity index (χ0n) is 21.5. The third kappa shape index (κ3) is 7.93. The van der Waals surface area contributed by atoms with Crippen LogP contribution in [0.25, 0.3) is 0 Å². The minimum atomic E-state index is -4.50. The van der Waals surface area contributed by atoms with Gasteiger partial charge in [0.15, 0.2) is 6.61 Å². The quantitative estimate of drug-likeness (QED) is 0.570. The fourth-order valence-electron chi connectivity index (χ4n) is 4.29. The summed E-state index contributed by atoms with van der Waals surface area (Å²) in [7, 11) is 1.47. The van der Waals surface area contributed by atoms with Crippen LogP contribution >= 0.6 is 0 Å². The van der Waals surface area contributed by atoms with Gasteiger partial charge in [-0.05, 0) is 50.1 Å². The molecule has 37 heavy (non-hydrogen) atoms. The molecule has 2 aromatic rings. The van der Waals surface area contributed by atoms with Crippen molar-refractivity contribution >= 4 is 17.5 Å². The van der Waals surface area contributed by atoms with Crippen molar-refractivity contribution in [3.8, 4) is 5.75 Å². The summed E-state index contributed by atoms with van der Waals surface area (Å²) >= 11 is 0. The molecule has 1 aliphatic rings. The molecule has 0 atom stereocenters. The first-order valence-corrected chi connectivity index (χ1v) is 12.3. The number of amides is 2. The smallest absolute Gasteiger partial charge is 0.416 e. The second kappa shape index (κ2) is 12.9. The van der Waals surface area contributed by atoms with Crippen LogP contribution in [0.3, 0.4) is 0 Å². The third-order valence-electron chi connectivity index (χ3n) is 6.30. The Morgan fingerprint density at radius 3 is 2.41 bits per heavy atom. The number of anilines is 1. The second-order valence-electron chi connectivity index (χ2n) is 9.22. The van der Waals surface area contributed by atoms with Gasteiger partial charge in [-0.25, -0.2) is 0 Å². The zero-order valence-corrected chi connectivity index (χ0v) is 21.5. The maximum Gasteiger partial charge on any atom is 0.416 e. The summed E-state index contributed by atoms with van der Waals surface area (Å²) in [6, 6.07) is 12.1. The van der Waals surface area contributed by atoms with E-state index >= 15 is 0 Å². The van der Waals surface area contributed by atoms with Gasteiger partial charge in [-0.3, -0.25) is 14.5 Å². The molecule has 7 nitrogen and oxygen atoms in total. The summed E-state index contributed by atoms with van der Waals surface area (Å²) in [6.07, 6.45) is -3.76. The molecule has 0 unspecified atom stereocenters. The normalized spacial score (nSPS) is 15.8. The van der Waals surface area contributed by atoms with E-state index in [4.69, 9.17) is 9.47 Å². The van der Waals surface area contributed by atoms with Crippen molar-refractivity contribution in [3.63, 3.8) is 0 Å². The molecule has 2 aromatic carbocycles. The summed E-state index contributed by atoms with van der Waals surface area (Å²) in [4.78, 5) is 31.7. The predicted octanol–water partition coefficient (Wildman–Crippen LogP) is 4.21. The molecular formula is C27H34F3N3O4. The molecule has 202 valence electrons. The Labute approximate surface area is 215 Å². The van der Waals surface area contributed by atoms with Gasteiger partial charge in [-0.2, -0.15) is 13.2 Å². The van der Waals surface area contributed by atoms with Crippen molar-refractivity contribution in [1.29, 1.82) is 0 Å². The largest absolute Gasteiger partial charge is 0.484 e. The number of rotatable bonds is 6. The van der Waals surface area contributed by atoms with Crippen LogP contribution < -0.4 is 9.64 Å². The molecule has 10 heteroatoms. The van der Waals surface area contributed by atoms with Crippen molar-refractivity contribution in [1.82, 2.24) is 9.80 Å². The molecular weight excluding hydrogens is 487 g/mol. The topological polar surface area (TPSA) is 62.3 Å². The number of ether oxygens (including phenoxy) is 2. The fourth-order valence-corrected chi connectivity index (χ4v) is 4.29. The number of para-hydroxylation sites is 1. The number of methoxy groups -OCH3 is 1. The van der Waals surface area contributed by atoms with Crippen molar-refractivity contribution in [2.75, 3.05) is 51.4 Å². The first kappa shape index (κ1) is 28.5. The van der Waals surface area contributed by atoms with Gasteiger partial charge in [0.1, 0.15) is 12.4 Å². The highest BCUT2D eigenvalue weighted by Gasteiger charge is 2.31. The van der Waals surface area contributed by atoms with Crippen LogP contribution in [0, 0.1) is 0 Å². The number of benzene rings is 2. The Hall–Kier alpha value is -3.11. The lowest BCUT2D eigenvalue weighted by Gasteiger charge is -2.30. The van der Waals surface area contributed by atoms with Crippen LogP contribution in [0.2, 0.25) is 0 Å². The van der Waals surface area contributed by atoms with Gasteiger partial charge in [0.05, 0.1) is 5.56 Å². The van der Waals surface area contributed by atoms with Gasteiger partial charge in [0.2, 0.25) is 0 Å². The van der Waals surface area contributed by atoms with E-state index in [-0.39, 0.29) is 36.8 Å². The predicted molar refractivity (Wildman–Crippen MR) is 134 cm³/mol. The number of carbonyl (C=O) groups is 2. The summed E-state index contributed by atoms with van der Waals surface area (Å²) in [5.41, 5.74) is 0.659. The SMILES string of the molecule is COCC(=O)N1CCCN(C(C)C)CCN(C(=O)COc2cccc(C(F)(F)F)c2)Cc2ccccc21. The monoisotopic (exact) mass is 521 g/mol. The standard InChI is InChI=1S/C27H34F3N3O4/c1-20(2)31-12-7-13-33(26(35)18-36-3)24-11-5-4-8-21(24)17-32(15-14-31)25(34)19-37-23-10-6-9-22(16-23)27(28,29)30/h4-6,8-11,16,20H,7,12-15,17-19H2,1-3H3. The van der Waals surface area contributed by atoms with Gasteiger partial charge < -0.3 is 19.3 Å². The highest BCUT2D eigenvalue weighted by atomic mass is 19.4. The Kier molecular flexibility index (Phi) is 9.93. The van der Waals surface area contributed by atoms with Gasteiger partial charge in [0.25, 0.3) is 11.8 Å². The molecule has 0 saturated heterocycles. The number of hydrogen-bond acceptors (Lipinski definition) is 5. The molecule has 3 rings (SSSR count). The van der Waals surface area contributed by atoms with E-state index in [1.54, 1.807) is 9.80 Å². The molecule has 1 heterocycles. The third-order valence-corrected chi connectivity index (χ3v) is 6.30. The van der Waals surface area contributed by atoms with Gasteiger partial charge in [-0.15, -0.1) is 0 Å². The van der Waals surface area contributed by atoms with Crippen molar-refractivity contribution in [2.24, 2.45) is 0 Å². The molecule has 2 amide bonds. The molecule has 0 aromatic heterocycles. The van der Waals surface area contributed by atoms with Crippen LogP contribution in [-0.4, -0.2) is 74.2 Å². The second-order valence-corrected chi connectivity index (χ2v) is 9.22. The summed E-state index contributed by atoms with van der Waals surface area (Å²) in [5.74, 6) is -0.553. The highest BCUT2D eigenvalue weighted by molar-refractivity contribution is 5.95. The van der Waals surface area contributed by atoms with Crippen molar-refractivity contribution < 1.29 is 32.2 Å². The first-order chi connectivity index (χ1) is 17.6. The van der Waals surface area contributed by atoms with Gasteiger partial charge in [0, 0.05) is 51.6 Å². The molecule has 0 spiro atoms. The summed E-state index contributed by atoms with van der Waals surface area (Å²) in [5, 5.41) is 0. The van der Waals surface area contributed by atoms with Crippen molar-refractivity contribution in [2.45, 2.75) is 39.0 Å². The summed E-state index contributed by atoms with van der Waals surface area (Å²) in [6.45, 7) is 6.17. The van der Waals surface area contributed by atoms with Gasteiger partial charge in [-0.1, -0.05) is 24.3 Å².